The second-order valence-corrected chi connectivity index (χ2v) is 11.5. The number of piperazine rings is 1. The van der Waals surface area contributed by atoms with Crippen LogP contribution in [0.2, 0.25) is 0 Å². The number of fused-ring (bicyclic) bond motifs is 1. The highest BCUT2D eigenvalue weighted by atomic mass is 16.6. The molecular formula is C31H41N5O5. The molecule has 3 heterocycles. The van der Waals surface area contributed by atoms with Crippen molar-refractivity contribution < 1.29 is 24.2 Å². The van der Waals surface area contributed by atoms with Crippen LogP contribution in [0.4, 0.5) is 15.3 Å². The SMILES string of the molecule is Cc1cc(C[C@@H](OC(=O)N2CCC(N3CCc4ccccc4NC3=O)CC2)C(=O)N2CCN(C)CC2)cc(C)c1O. The van der Waals surface area contributed by atoms with Crippen molar-refractivity contribution in [2.75, 3.05) is 58.2 Å². The standard InChI is InChI=1S/C31H41N5O5/c1-21-18-23(19-22(2)28(21)37)20-27(29(38)34-16-14-33(3)15-17-34)41-31(40)35-11-9-25(10-12-35)36-13-8-24-6-4-5-7-26(24)32-30(36)39/h4-7,18-19,25,27,37H,8-17,20H2,1-3H3,(H,32,39)/t27-/m1/s1. The molecule has 2 aromatic rings. The molecule has 4 amide bonds. The molecule has 2 fully saturated rings. The van der Waals surface area contributed by atoms with Gasteiger partial charge in [-0.15, -0.1) is 0 Å². The Morgan fingerprint density at radius 2 is 1.63 bits per heavy atom. The van der Waals surface area contributed by atoms with Crippen LogP contribution < -0.4 is 5.32 Å². The third-order valence-electron chi connectivity index (χ3n) is 8.61. The number of para-hydroxylation sites is 1. The number of phenolic OH excluding ortho intramolecular Hbond substituents is 1. The van der Waals surface area contributed by atoms with E-state index in [0.29, 0.717) is 45.6 Å². The van der Waals surface area contributed by atoms with Crippen molar-refractivity contribution in [2.24, 2.45) is 0 Å². The van der Waals surface area contributed by atoms with Gasteiger partial charge in [0.2, 0.25) is 0 Å². The molecule has 10 heteroatoms. The number of phenols is 1. The normalized spacial score (nSPS) is 19.3. The first-order valence-electron chi connectivity index (χ1n) is 14.6. The molecule has 2 aromatic carbocycles. The number of hydrogen-bond donors (Lipinski definition) is 2. The highest BCUT2D eigenvalue weighted by molar-refractivity contribution is 5.91. The number of hydrogen-bond acceptors (Lipinski definition) is 6. The van der Waals surface area contributed by atoms with E-state index in [4.69, 9.17) is 4.74 Å². The molecule has 2 N–H and O–H groups in total. The summed E-state index contributed by atoms with van der Waals surface area (Å²) in [7, 11) is 2.03. The van der Waals surface area contributed by atoms with Crippen LogP contribution in [0.15, 0.2) is 36.4 Å². The van der Waals surface area contributed by atoms with Crippen molar-refractivity contribution in [1.29, 1.82) is 0 Å². The van der Waals surface area contributed by atoms with Crippen LogP contribution in [-0.2, 0) is 22.4 Å². The summed E-state index contributed by atoms with van der Waals surface area (Å²) in [5.74, 6) is 0.0445. The molecule has 3 aliphatic heterocycles. The van der Waals surface area contributed by atoms with Crippen molar-refractivity contribution in [3.63, 3.8) is 0 Å². The van der Waals surface area contributed by atoms with Crippen molar-refractivity contribution >= 4 is 23.7 Å². The summed E-state index contributed by atoms with van der Waals surface area (Å²) in [5, 5.41) is 13.2. The predicted octanol–water partition coefficient (Wildman–Crippen LogP) is 3.39. The number of piperidine rings is 1. The molecular weight excluding hydrogens is 522 g/mol. The Labute approximate surface area is 241 Å². The van der Waals surface area contributed by atoms with Gasteiger partial charge in [0.1, 0.15) is 5.75 Å². The lowest BCUT2D eigenvalue weighted by Gasteiger charge is -2.38. The average molecular weight is 564 g/mol. The molecule has 41 heavy (non-hydrogen) atoms. The molecule has 0 aromatic heterocycles. The van der Waals surface area contributed by atoms with Crippen LogP contribution in [0.5, 0.6) is 5.75 Å². The third-order valence-corrected chi connectivity index (χ3v) is 8.61. The van der Waals surface area contributed by atoms with Gasteiger partial charge in [-0.1, -0.05) is 30.3 Å². The lowest BCUT2D eigenvalue weighted by molar-refractivity contribution is -0.142. The van der Waals surface area contributed by atoms with Gasteiger partial charge in [0.15, 0.2) is 6.10 Å². The number of rotatable bonds is 5. The molecule has 0 saturated carbocycles. The van der Waals surface area contributed by atoms with E-state index in [2.05, 4.69) is 10.2 Å². The number of urea groups is 1. The van der Waals surface area contributed by atoms with Crippen LogP contribution in [-0.4, -0.2) is 108 Å². The lowest BCUT2D eigenvalue weighted by atomic mass is 10.0. The van der Waals surface area contributed by atoms with Gasteiger partial charge in [-0.05, 0) is 68.5 Å². The largest absolute Gasteiger partial charge is 0.507 e. The van der Waals surface area contributed by atoms with E-state index in [1.165, 1.54) is 0 Å². The summed E-state index contributed by atoms with van der Waals surface area (Å²) in [6.45, 7) is 7.89. The predicted molar refractivity (Wildman–Crippen MR) is 156 cm³/mol. The van der Waals surface area contributed by atoms with Crippen LogP contribution >= 0.6 is 0 Å². The van der Waals surface area contributed by atoms with Gasteiger partial charge in [-0.25, -0.2) is 9.59 Å². The molecule has 2 saturated heterocycles. The van der Waals surface area contributed by atoms with Crippen molar-refractivity contribution in [2.45, 2.75) is 51.7 Å². The van der Waals surface area contributed by atoms with Crippen molar-refractivity contribution in [1.82, 2.24) is 19.6 Å². The lowest BCUT2D eigenvalue weighted by Crippen LogP contribution is -2.53. The van der Waals surface area contributed by atoms with Gasteiger partial charge in [0.05, 0.1) is 0 Å². The zero-order valence-electron chi connectivity index (χ0n) is 24.3. The Balaban J connectivity index is 1.23. The smallest absolute Gasteiger partial charge is 0.410 e. The van der Waals surface area contributed by atoms with Crippen LogP contribution in [0.1, 0.15) is 35.1 Å². The van der Waals surface area contributed by atoms with E-state index in [9.17, 15) is 19.5 Å². The van der Waals surface area contributed by atoms with Crippen LogP contribution in [0.3, 0.4) is 0 Å². The number of carbonyl (C=O) groups is 3. The zero-order chi connectivity index (χ0) is 29.1. The Kier molecular flexibility index (Phi) is 8.68. The number of aromatic hydroxyl groups is 1. The number of benzene rings is 2. The molecule has 1 atom stereocenters. The summed E-state index contributed by atoms with van der Waals surface area (Å²) in [4.78, 5) is 47.4. The van der Waals surface area contributed by atoms with E-state index in [-0.39, 0.29) is 30.2 Å². The van der Waals surface area contributed by atoms with E-state index >= 15 is 0 Å². The van der Waals surface area contributed by atoms with Crippen LogP contribution in [0.25, 0.3) is 0 Å². The number of nitrogens with zero attached hydrogens (tertiary/aromatic N) is 4. The fourth-order valence-corrected chi connectivity index (χ4v) is 6.08. The molecule has 0 unspecified atom stereocenters. The van der Waals surface area contributed by atoms with Gasteiger partial charge < -0.3 is 34.8 Å². The maximum absolute atomic E-state index is 13.6. The minimum Gasteiger partial charge on any atom is -0.507 e. The summed E-state index contributed by atoms with van der Waals surface area (Å²) in [6, 6.07) is 11.5. The molecule has 5 rings (SSSR count). The number of anilines is 1. The Morgan fingerprint density at radius 3 is 2.32 bits per heavy atom. The number of likely N-dealkylation sites (tertiary alicyclic amines) is 1. The number of carbonyl (C=O) groups excluding carboxylic acids is 3. The summed E-state index contributed by atoms with van der Waals surface area (Å²) in [6.07, 6.45) is 0.851. The van der Waals surface area contributed by atoms with E-state index < -0.39 is 12.2 Å². The topological polar surface area (TPSA) is 106 Å². The first-order valence-corrected chi connectivity index (χ1v) is 14.6. The molecule has 220 valence electrons. The Hall–Kier alpha value is -3.79. The third kappa shape index (κ3) is 6.59. The molecule has 0 spiro atoms. The fourth-order valence-electron chi connectivity index (χ4n) is 6.08. The number of amides is 4. The molecule has 10 nitrogen and oxygen atoms in total. The van der Waals surface area contributed by atoms with E-state index in [1.807, 2.05) is 62.2 Å². The zero-order valence-corrected chi connectivity index (χ0v) is 24.3. The summed E-state index contributed by atoms with van der Waals surface area (Å²) in [5.41, 5.74) is 4.26. The minimum absolute atomic E-state index is 0.0269. The highest BCUT2D eigenvalue weighted by Crippen LogP contribution is 2.26. The van der Waals surface area contributed by atoms with Crippen molar-refractivity contribution in [3.8, 4) is 5.75 Å². The quantitative estimate of drug-likeness (QED) is 0.578. The number of aryl methyl sites for hydroxylation is 2. The Morgan fingerprint density at radius 1 is 0.976 bits per heavy atom. The number of nitrogens with one attached hydrogen (secondary N) is 1. The number of likely N-dealkylation sites (N-methyl/N-ethyl adjacent to an activating group) is 1. The summed E-state index contributed by atoms with van der Waals surface area (Å²) >= 11 is 0. The second-order valence-electron chi connectivity index (χ2n) is 11.5. The Bertz CT molecular complexity index is 1260. The van der Waals surface area contributed by atoms with Gasteiger partial charge in [0.25, 0.3) is 5.91 Å². The fraction of sp³-hybridized carbons (Fsp3) is 0.516. The van der Waals surface area contributed by atoms with Gasteiger partial charge >= 0.3 is 12.1 Å². The minimum atomic E-state index is -0.957. The first kappa shape index (κ1) is 28.7. The maximum atomic E-state index is 13.6. The first-order chi connectivity index (χ1) is 19.7. The average Bonchev–Trinajstić information content (AvgIpc) is 3.13. The molecule has 0 radical (unpaired) electrons. The molecule has 0 bridgehead atoms. The van der Waals surface area contributed by atoms with E-state index in [0.717, 1.165) is 47.5 Å². The maximum Gasteiger partial charge on any atom is 0.410 e. The molecule has 0 aliphatic carbocycles. The van der Waals surface area contributed by atoms with Crippen LogP contribution in [0, 0.1) is 13.8 Å². The van der Waals surface area contributed by atoms with Gasteiger partial charge in [-0.3, -0.25) is 4.79 Å². The molecule has 3 aliphatic rings. The monoisotopic (exact) mass is 563 g/mol. The number of ether oxygens (including phenoxy) is 1. The summed E-state index contributed by atoms with van der Waals surface area (Å²) < 4.78 is 5.94. The second kappa shape index (κ2) is 12.4. The highest BCUT2D eigenvalue weighted by Gasteiger charge is 2.35. The van der Waals surface area contributed by atoms with E-state index in [1.54, 1.807) is 9.80 Å². The van der Waals surface area contributed by atoms with Gasteiger partial charge in [0, 0.05) is 64.0 Å². The van der Waals surface area contributed by atoms with Gasteiger partial charge in [-0.2, -0.15) is 0 Å². The van der Waals surface area contributed by atoms with Crippen molar-refractivity contribution in [3.05, 3.63) is 58.7 Å².